The van der Waals surface area contributed by atoms with Gasteiger partial charge in [-0.2, -0.15) is 0 Å². The molecule has 0 unspecified atom stereocenters. The molecule has 0 aromatic rings. The van der Waals surface area contributed by atoms with Crippen molar-refractivity contribution < 1.29 is 0 Å². The van der Waals surface area contributed by atoms with E-state index in [0.717, 1.165) is 23.9 Å². The molecule has 124 valence electrons. The number of hydrogen-bond donors (Lipinski definition) is 0. The summed E-state index contributed by atoms with van der Waals surface area (Å²) in [5.74, 6) is 1.91. The molecule has 2 fully saturated rings. The summed E-state index contributed by atoms with van der Waals surface area (Å²) < 4.78 is 0. The van der Waals surface area contributed by atoms with Crippen LogP contribution in [0.3, 0.4) is 0 Å². The Kier molecular flexibility index (Phi) is 7.01. The van der Waals surface area contributed by atoms with E-state index in [-0.39, 0.29) is 0 Å². The van der Waals surface area contributed by atoms with Crippen LogP contribution in [0.15, 0.2) is 0 Å². The Balaban J connectivity index is 1.63. The van der Waals surface area contributed by atoms with E-state index in [9.17, 15) is 0 Å². The van der Waals surface area contributed by atoms with Crippen molar-refractivity contribution in [3.63, 3.8) is 0 Å². The summed E-state index contributed by atoms with van der Waals surface area (Å²) in [6.07, 6.45) is 10.1. The third kappa shape index (κ3) is 5.56. The van der Waals surface area contributed by atoms with Gasteiger partial charge in [0.15, 0.2) is 0 Å². The minimum atomic E-state index is 0.734. The molecular weight excluding hydrogens is 256 g/mol. The minimum Gasteiger partial charge on any atom is -0.301 e. The maximum Gasteiger partial charge on any atom is 0.0120 e. The average molecular weight is 295 g/mol. The fourth-order valence-electron chi connectivity index (χ4n) is 4.19. The normalized spacial score (nSPS) is 24.3. The lowest BCUT2D eigenvalue weighted by atomic mass is 9.88. The first-order valence-corrected chi connectivity index (χ1v) is 9.54. The second kappa shape index (κ2) is 8.53. The fraction of sp³-hybridized carbons (Fsp3) is 1.00. The largest absolute Gasteiger partial charge is 0.301 e. The molecule has 0 saturated carbocycles. The third-order valence-corrected chi connectivity index (χ3v) is 5.79. The lowest BCUT2D eigenvalue weighted by Crippen LogP contribution is -2.49. The molecular formula is C19H38N2. The summed E-state index contributed by atoms with van der Waals surface area (Å²) >= 11 is 0. The van der Waals surface area contributed by atoms with E-state index in [0.29, 0.717) is 0 Å². The highest BCUT2D eigenvalue weighted by Gasteiger charge is 2.28. The molecule has 0 radical (unpaired) electrons. The number of hydrogen-bond acceptors (Lipinski definition) is 2. The molecule has 2 saturated heterocycles. The van der Waals surface area contributed by atoms with Crippen LogP contribution in [0.4, 0.5) is 0 Å². The summed E-state index contributed by atoms with van der Waals surface area (Å²) in [5.41, 5.74) is 0. The second-order valence-electron chi connectivity index (χ2n) is 8.16. The van der Waals surface area contributed by atoms with Gasteiger partial charge in [-0.15, -0.1) is 0 Å². The van der Waals surface area contributed by atoms with Crippen molar-refractivity contribution in [1.29, 1.82) is 0 Å². The Labute approximate surface area is 133 Å². The molecule has 0 aromatic heterocycles. The van der Waals surface area contributed by atoms with Gasteiger partial charge >= 0.3 is 0 Å². The van der Waals surface area contributed by atoms with Gasteiger partial charge in [0.2, 0.25) is 0 Å². The van der Waals surface area contributed by atoms with E-state index < -0.39 is 0 Å². The van der Waals surface area contributed by atoms with Gasteiger partial charge in [-0.1, -0.05) is 33.1 Å². The molecule has 2 heteroatoms. The van der Waals surface area contributed by atoms with Gasteiger partial charge in [-0.3, -0.25) is 0 Å². The van der Waals surface area contributed by atoms with Crippen molar-refractivity contribution in [1.82, 2.24) is 9.80 Å². The van der Waals surface area contributed by atoms with Crippen LogP contribution in [0.1, 0.15) is 72.6 Å². The van der Waals surface area contributed by atoms with Crippen LogP contribution >= 0.6 is 0 Å². The Morgan fingerprint density at radius 2 is 1.48 bits per heavy atom. The van der Waals surface area contributed by atoms with Gasteiger partial charge < -0.3 is 9.80 Å². The third-order valence-electron chi connectivity index (χ3n) is 5.79. The molecule has 2 aliphatic heterocycles. The van der Waals surface area contributed by atoms with E-state index in [1.165, 1.54) is 71.1 Å². The molecule has 0 spiro atoms. The van der Waals surface area contributed by atoms with Crippen LogP contribution in [0, 0.1) is 11.8 Å². The van der Waals surface area contributed by atoms with Crippen molar-refractivity contribution in [3.05, 3.63) is 0 Å². The Morgan fingerprint density at radius 3 is 2.00 bits per heavy atom. The molecule has 21 heavy (non-hydrogen) atoms. The molecule has 0 bridgehead atoms. The van der Waals surface area contributed by atoms with E-state index in [4.69, 9.17) is 0 Å². The van der Waals surface area contributed by atoms with Gasteiger partial charge in [0.1, 0.15) is 0 Å². The summed E-state index contributed by atoms with van der Waals surface area (Å²) in [6, 6.07) is 1.62. The highest BCUT2D eigenvalue weighted by atomic mass is 15.2. The highest BCUT2D eigenvalue weighted by molar-refractivity contribution is 4.84. The lowest BCUT2D eigenvalue weighted by molar-refractivity contribution is 0.0656. The van der Waals surface area contributed by atoms with Crippen LogP contribution in [0.5, 0.6) is 0 Å². The summed E-state index contributed by atoms with van der Waals surface area (Å²) in [4.78, 5) is 5.46. The van der Waals surface area contributed by atoms with Gasteiger partial charge in [0.25, 0.3) is 0 Å². The quantitative estimate of drug-likeness (QED) is 0.716. The zero-order valence-corrected chi connectivity index (χ0v) is 15.0. The Morgan fingerprint density at radius 1 is 0.857 bits per heavy atom. The van der Waals surface area contributed by atoms with Gasteiger partial charge in [0, 0.05) is 12.1 Å². The van der Waals surface area contributed by atoms with Gasteiger partial charge in [-0.05, 0) is 77.5 Å². The monoisotopic (exact) mass is 294 g/mol. The van der Waals surface area contributed by atoms with Gasteiger partial charge in [0.05, 0.1) is 0 Å². The first-order valence-electron chi connectivity index (χ1n) is 9.54. The molecule has 2 aliphatic rings. The summed E-state index contributed by atoms with van der Waals surface area (Å²) in [7, 11) is 0. The van der Waals surface area contributed by atoms with E-state index in [2.05, 4.69) is 37.5 Å². The maximum atomic E-state index is 2.82. The predicted octanol–water partition coefficient (Wildman–Crippen LogP) is 4.40. The topological polar surface area (TPSA) is 6.48 Å². The van der Waals surface area contributed by atoms with Crippen molar-refractivity contribution >= 4 is 0 Å². The minimum absolute atomic E-state index is 0.734. The predicted molar refractivity (Wildman–Crippen MR) is 92.7 cm³/mol. The van der Waals surface area contributed by atoms with Crippen LogP contribution in [0.25, 0.3) is 0 Å². The summed E-state index contributed by atoms with van der Waals surface area (Å²) in [6.45, 7) is 14.8. The van der Waals surface area contributed by atoms with E-state index >= 15 is 0 Å². The van der Waals surface area contributed by atoms with E-state index in [1.807, 2.05) is 0 Å². The standard InChI is InChI=1S/C19H38N2/c1-16(2)6-5-7-18-8-12-21(13-9-18)19-10-14-20(15-11-19)17(3)4/h16-19H,5-15H2,1-4H3. The number of likely N-dealkylation sites (tertiary alicyclic amines) is 2. The zero-order valence-electron chi connectivity index (χ0n) is 15.0. The Bertz CT molecular complexity index is 271. The molecule has 2 heterocycles. The molecule has 2 rings (SSSR count). The first kappa shape index (κ1) is 17.3. The number of nitrogens with zero attached hydrogens (tertiary/aromatic N) is 2. The lowest BCUT2D eigenvalue weighted by Gasteiger charge is -2.42. The molecule has 2 nitrogen and oxygen atoms in total. The van der Waals surface area contributed by atoms with Crippen LogP contribution in [-0.4, -0.2) is 48.1 Å². The maximum absolute atomic E-state index is 2.82. The zero-order chi connectivity index (χ0) is 15.2. The first-order chi connectivity index (χ1) is 10.1. The van der Waals surface area contributed by atoms with E-state index in [1.54, 1.807) is 0 Å². The van der Waals surface area contributed by atoms with Crippen molar-refractivity contribution in [2.75, 3.05) is 26.2 Å². The van der Waals surface area contributed by atoms with Crippen molar-refractivity contribution in [2.24, 2.45) is 11.8 Å². The SMILES string of the molecule is CC(C)CCCC1CCN(C2CCN(C(C)C)CC2)CC1. The van der Waals surface area contributed by atoms with Gasteiger partial charge in [-0.25, -0.2) is 0 Å². The molecule has 0 atom stereocenters. The number of piperidine rings is 2. The Hall–Kier alpha value is -0.0800. The van der Waals surface area contributed by atoms with Crippen LogP contribution in [-0.2, 0) is 0 Å². The number of rotatable bonds is 6. The summed E-state index contributed by atoms with van der Waals surface area (Å²) in [5, 5.41) is 0. The fourth-order valence-corrected chi connectivity index (χ4v) is 4.19. The molecule has 0 amide bonds. The van der Waals surface area contributed by atoms with Crippen molar-refractivity contribution in [2.45, 2.75) is 84.7 Å². The van der Waals surface area contributed by atoms with Crippen LogP contribution < -0.4 is 0 Å². The smallest absolute Gasteiger partial charge is 0.0120 e. The van der Waals surface area contributed by atoms with Crippen LogP contribution in [0.2, 0.25) is 0 Å². The average Bonchev–Trinajstić information content (AvgIpc) is 2.48. The second-order valence-corrected chi connectivity index (χ2v) is 8.16. The molecule has 0 aromatic carbocycles. The molecule has 0 aliphatic carbocycles. The highest BCUT2D eigenvalue weighted by Crippen LogP contribution is 2.27. The van der Waals surface area contributed by atoms with Crippen molar-refractivity contribution in [3.8, 4) is 0 Å². The molecule has 0 N–H and O–H groups in total.